The SMILES string of the molecule is CN(Cc1ccc(N)nc1)c1ncccn1. The van der Waals surface area contributed by atoms with Gasteiger partial charge in [-0.05, 0) is 17.7 Å². The summed E-state index contributed by atoms with van der Waals surface area (Å²) in [5.41, 5.74) is 6.59. The van der Waals surface area contributed by atoms with Crippen molar-refractivity contribution < 1.29 is 0 Å². The highest BCUT2D eigenvalue weighted by molar-refractivity contribution is 5.33. The maximum absolute atomic E-state index is 5.52. The standard InChI is InChI=1S/C11H13N5/c1-16(11-13-5-2-6-14-11)8-9-3-4-10(12)15-7-9/h2-7H,8H2,1H3,(H2,12,15). The normalized spacial score (nSPS) is 10.1. The first-order valence-corrected chi connectivity index (χ1v) is 4.94. The van der Waals surface area contributed by atoms with E-state index in [1.165, 1.54) is 0 Å². The Labute approximate surface area is 94.0 Å². The first-order valence-electron chi connectivity index (χ1n) is 4.94. The van der Waals surface area contributed by atoms with Crippen molar-refractivity contribution in [3.05, 3.63) is 42.4 Å². The summed E-state index contributed by atoms with van der Waals surface area (Å²) in [6.45, 7) is 0.706. The molecule has 2 aromatic rings. The third kappa shape index (κ3) is 2.44. The predicted octanol–water partition coefficient (Wildman–Crippen LogP) is 1.09. The van der Waals surface area contributed by atoms with Crippen LogP contribution < -0.4 is 10.6 Å². The zero-order chi connectivity index (χ0) is 11.4. The Morgan fingerprint density at radius 2 is 1.94 bits per heavy atom. The van der Waals surface area contributed by atoms with Crippen molar-refractivity contribution in [2.75, 3.05) is 17.7 Å². The molecule has 0 atom stereocenters. The maximum atomic E-state index is 5.52. The number of hydrogen-bond donors (Lipinski definition) is 1. The van der Waals surface area contributed by atoms with Gasteiger partial charge < -0.3 is 10.6 Å². The molecular formula is C11H13N5. The Bertz CT molecular complexity index is 440. The van der Waals surface area contributed by atoms with E-state index in [0.717, 1.165) is 5.56 Å². The summed E-state index contributed by atoms with van der Waals surface area (Å²) in [4.78, 5) is 14.3. The molecule has 2 N–H and O–H groups in total. The van der Waals surface area contributed by atoms with E-state index in [0.29, 0.717) is 18.3 Å². The predicted molar refractivity (Wildman–Crippen MR) is 62.8 cm³/mol. The number of pyridine rings is 1. The lowest BCUT2D eigenvalue weighted by Crippen LogP contribution is -2.18. The van der Waals surface area contributed by atoms with Crippen molar-refractivity contribution in [3.8, 4) is 0 Å². The topological polar surface area (TPSA) is 67.9 Å². The van der Waals surface area contributed by atoms with Crippen molar-refractivity contribution in [1.82, 2.24) is 15.0 Å². The highest BCUT2D eigenvalue weighted by Crippen LogP contribution is 2.08. The van der Waals surface area contributed by atoms with E-state index >= 15 is 0 Å². The Kier molecular flexibility index (Phi) is 2.95. The Morgan fingerprint density at radius 1 is 1.19 bits per heavy atom. The number of nitrogens with two attached hydrogens (primary N) is 1. The summed E-state index contributed by atoms with van der Waals surface area (Å²) in [5, 5.41) is 0. The van der Waals surface area contributed by atoms with Crippen LogP contribution >= 0.6 is 0 Å². The van der Waals surface area contributed by atoms with E-state index in [2.05, 4.69) is 15.0 Å². The summed E-state index contributed by atoms with van der Waals surface area (Å²) in [6.07, 6.45) is 5.20. The molecule has 5 heteroatoms. The minimum absolute atomic E-state index is 0.530. The number of anilines is 2. The lowest BCUT2D eigenvalue weighted by Gasteiger charge is -2.16. The summed E-state index contributed by atoms with van der Waals surface area (Å²) in [6, 6.07) is 5.53. The molecule has 0 aliphatic carbocycles. The van der Waals surface area contributed by atoms with Gasteiger partial charge in [-0.2, -0.15) is 0 Å². The number of aromatic nitrogens is 3. The fourth-order valence-corrected chi connectivity index (χ4v) is 1.36. The minimum atomic E-state index is 0.530. The average Bonchev–Trinajstić information content (AvgIpc) is 2.33. The monoisotopic (exact) mass is 215 g/mol. The van der Waals surface area contributed by atoms with Gasteiger partial charge in [0.05, 0.1) is 0 Å². The molecule has 0 radical (unpaired) electrons. The number of hydrogen-bond acceptors (Lipinski definition) is 5. The van der Waals surface area contributed by atoms with Crippen LogP contribution in [0.5, 0.6) is 0 Å². The first-order chi connectivity index (χ1) is 7.75. The van der Waals surface area contributed by atoms with Gasteiger partial charge in [0.2, 0.25) is 5.95 Å². The molecule has 0 unspecified atom stereocenters. The number of nitrogens with zero attached hydrogens (tertiary/aromatic N) is 4. The van der Waals surface area contributed by atoms with Gasteiger partial charge >= 0.3 is 0 Å². The van der Waals surface area contributed by atoms with Gasteiger partial charge in [0.25, 0.3) is 0 Å². The molecule has 82 valence electrons. The molecule has 0 fully saturated rings. The highest BCUT2D eigenvalue weighted by Gasteiger charge is 2.03. The van der Waals surface area contributed by atoms with Crippen molar-refractivity contribution in [3.63, 3.8) is 0 Å². The largest absolute Gasteiger partial charge is 0.384 e. The van der Waals surface area contributed by atoms with Gasteiger partial charge in [-0.3, -0.25) is 0 Å². The second kappa shape index (κ2) is 4.57. The van der Waals surface area contributed by atoms with Crippen LogP contribution in [-0.4, -0.2) is 22.0 Å². The van der Waals surface area contributed by atoms with Crippen LogP contribution in [0.25, 0.3) is 0 Å². The Hall–Kier alpha value is -2.17. The fourth-order valence-electron chi connectivity index (χ4n) is 1.36. The lowest BCUT2D eigenvalue weighted by molar-refractivity contribution is 0.862. The first kappa shape index (κ1) is 10.4. The highest BCUT2D eigenvalue weighted by atomic mass is 15.2. The van der Waals surface area contributed by atoms with Crippen LogP contribution in [0.4, 0.5) is 11.8 Å². The maximum Gasteiger partial charge on any atom is 0.225 e. The van der Waals surface area contributed by atoms with Crippen molar-refractivity contribution in [2.45, 2.75) is 6.54 Å². The smallest absolute Gasteiger partial charge is 0.225 e. The minimum Gasteiger partial charge on any atom is -0.384 e. The van der Waals surface area contributed by atoms with Crippen LogP contribution in [0.15, 0.2) is 36.8 Å². The molecule has 0 saturated heterocycles. The second-order valence-electron chi connectivity index (χ2n) is 3.50. The van der Waals surface area contributed by atoms with Crippen LogP contribution in [0.2, 0.25) is 0 Å². The molecule has 16 heavy (non-hydrogen) atoms. The van der Waals surface area contributed by atoms with Crippen LogP contribution in [0.1, 0.15) is 5.56 Å². The van der Waals surface area contributed by atoms with Crippen LogP contribution in [0, 0.1) is 0 Å². The van der Waals surface area contributed by atoms with E-state index < -0.39 is 0 Å². The fraction of sp³-hybridized carbons (Fsp3) is 0.182. The van der Waals surface area contributed by atoms with Gasteiger partial charge in [-0.15, -0.1) is 0 Å². The third-order valence-electron chi connectivity index (χ3n) is 2.16. The molecule has 0 bridgehead atoms. The molecule has 2 rings (SSSR count). The second-order valence-corrected chi connectivity index (χ2v) is 3.50. The zero-order valence-corrected chi connectivity index (χ0v) is 9.04. The van der Waals surface area contributed by atoms with E-state index in [1.54, 1.807) is 30.7 Å². The molecular weight excluding hydrogens is 202 g/mol. The van der Waals surface area contributed by atoms with Crippen LogP contribution in [0.3, 0.4) is 0 Å². The Morgan fingerprint density at radius 3 is 2.56 bits per heavy atom. The quantitative estimate of drug-likeness (QED) is 0.830. The van der Waals surface area contributed by atoms with E-state index in [1.807, 2.05) is 18.0 Å². The molecule has 2 heterocycles. The van der Waals surface area contributed by atoms with E-state index in [4.69, 9.17) is 5.73 Å². The molecule has 5 nitrogen and oxygen atoms in total. The summed E-state index contributed by atoms with van der Waals surface area (Å²) >= 11 is 0. The molecule has 0 spiro atoms. The summed E-state index contributed by atoms with van der Waals surface area (Å²) < 4.78 is 0. The third-order valence-corrected chi connectivity index (χ3v) is 2.16. The van der Waals surface area contributed by atoms with Crippen molar-refractivity contribution >= 4 is 11.8 Å². The van der Waals surface area contributed by atoms with Gasteiger partial charge in [-0.1, -0.05) is 6.07 Å². The molecule has 0 aliphatic heterocycles. The van der Waals surface area contributed by atoms with Crippen LogP contribution in [-0.2, 0) is 6.54 Å². The van der Waals surface area contributed by atoms with Crippen molar-refractivity contribution in [1.29, 1.82) is 0 Å². The van der Waals surface area contributed by atoms with Crippen molar-refractivity contribution in [2.24, 2.45) is 0 Å². The molecule has 2 aromatic heterocycles. The summed E-state index contributed by atoms with van der Waals surface area (Å²) in [5.74, 6) is 1.22. The lowest BCUT2D eigenvalue weighted by atomic mass is 10.2. The average molecular weight is 215 g/mol. The van der Waals surface area contributed by atoms with Gasteiger partial charge in [0.15, 0.2) is 0 Å². The number of rotatable bonds is 3. The van der Waals surface area contributed by atoms with E-state index in [-0.39, 0.29) is 0 Å². The molecule has 0 amide bonds. The van der Waals surface area contributed by atoms with Gasteiger partial charge in [0.1, 0.15) is 5.82 Å². The van der Waals surface area contributed by atoms with Gasteiger partial charge in [-0.25, -0.2) is 15.0 Å². The molecule has 0 aromatic carbocycles. The Balaban J connectivity index is 2.08. The number of nitrogen functional groups attached to an aromatic ring is 1. The summed E-state index contributed by atoms with van der Waals surface area (Å²) in [7, 11) is 1.94. The zero-order valence-electron chi connectivity index (χ0n) is 9.04. The van der Waals surface area contributed by atoms with E-state index in [9.17, 15) is 0 Å². The molecule has 0 saturated carbocycles. The molecule has 0 aliphatic rings. The van der Waals surface area contributed by atoms with Gasteiger partial charge in [0, 0.05) is 32.2 Å².